The quantitative estimate of drug-likeness (QED) is 0.458. The molecule has 0 radical (unpaired) electrons. The second-order valence-corrected chi connectivity index (χ2v) is 4.36. The average Bonchev–Trinajstić information content (AvgIpc) is 2.85. The van der Waals surface area contributed by atoms with Crippen molar-refractivity contribution in [1.29, 1.82) is 0 Å². The van der Waals surface area contributed by atoms with E-state index >= 15 is 0 Å². The molecule has 0 saturated carbocycles. The number of hydrogen-bond acceptors (Lipinski definition) is 6. The van der Waals surface area contributed by atoms with Crippen LogP contribution >= 0.6 is 0 Å². The largest absolute Gasteiger partial charge is 0.371 e. The summed E-state index contributed by atoms with van der Waals surface area (Å²) in [5.41, 5.74) is -0.623. The van der Waals surface area contributed by atoms with E-state index in [1.165, 1.54) is 24.3 Å². The first-order chi connectivity index (χ1) is 10.0. The molecule has 0 amide bonds. The summed E-state index contributed by atoms with van der Waals surface area (Å²) < 4.78 is 1.77. The number of aromatic nitrogens is 4. The normalized spacial score (nSPS) is 10.5. The van der Waals surface area contributed by atoms with E-state index in [1.807, 2.05) is 6.92 Å². The van der Waals surface area contributed by atoms with Gasteiger partial charge in [-0.2, -0.15) is 4.68 Å². The van der Waals surface area contributed by atoms with E-state index in [1.54, 1.807) is 0 Å². The summed E-state index contributed by atoms with van der Waals surface area (Å²) in [7, 11) is 0. The van der Waals surface area contributed by atoms with E-state index < -0.39 is 16.5 Å². The summed E-state index contributed by atoms with van der Waals surface area (Å²) in [6, 6.07) is 4.94. The van der Waals surface area contributed by atoms with Crippen LogP contribution in [0.5, 0.6) is 0 Å². The minimum absolute atomic E-state index is 0.130. The van der Waals surface area contributed by atoms with Crippen molar-refractivity contribution < 1.29 is 9.72 Å². The minimum Gasteiger partial charge on any atom is -0.266 e. The van der Waals surface area contributed by atoms with Crippen molar-refractivity contribution in [3.05, 3.63) is 50.4 Å². The maximum Gasteiger partial charge on any atom is 0.371 e. The number of unbranched alkanes of at least 4 members (excludes halogenated alkanes) is 1. The lowest BCUT2D eigenvalue weighted by Crippen LogP contribution is -2.30. The molecular weight excluding hydrogens is 278 g/mol. The predicted molar refractivity (Wildman–Crippen MR) is 72.0 cm³/mol. The Bertz CT molecular complexity index is 716. The number of tetrazole rings is 1. The van der Waals surface area contributed by atoms with Gasteiger partial charge in [0.15, 0.2) is 0 Å². The average molecular weight is 291 g/mol. The molecule has 0 saturated heterocycles. The van der Waals surface area contributed by atoms with Crippen LogP contribution in [0.1, 0.15) is 30.1 Å². The molecule has 0 spiro atoms. The molecule has 110 valence electrons. The number of hydrogen-bond donors (Lipinski definition) is 0. The molecule has 9 nitrogen and oxygen atoms in total. The first-order valence-electron chi connectivity index (χ1n) is 6.36. The Balaban J connectivity index is 2.26. The van der Waals surface area contributed by atoms with Crippen molar-refractivity contribution >= 4 is 11.6 Å². The van der Waals surface area contributed by atoms with Gasteiger partial charge in [-0.05, 0) is 29.0 Å². The van der Waals surface area contributed by atoms with E-state index in [0.29, 0.717) is 11.2 Å². The standard InChI is InChI=1S/C12H13N5O4/c1-2-3-8-15-12(19)16(14-13-15)11(18)9-4-6-10(7-5-9)17(20)21/h4-7H,2-3,8H2,1H3. The zero-order valence-electron chi connectivity index (χ0n) is 11.3. The summed E-state index contributed by atoms with van der Waals surface area (Å²) in [4.78, 5) is 34.0. The highest BCUT2D eigenvalue weighted by atomic mass is 16.6. The topological polar surface area (TPSA) is 113 Å². The lowest BCUT2D eigenvalue weighted by Gasteiger charge is -1.98. The number of benzene rings is 1. The number of rotatable bonds is 5. The van der Waals surface area contributed by atoms with Gasteiger partial charge in [0.05, 0.1) is 4.92 Å². The molecule has 1 aromatic heterocycles. The Morgan fingerprint density at radius 1 is 1.29 bits per heavy atom. The fourth-order valence-electron chi connectivity index (χ4n) is 1.70. The third-order valence-corrected chi connectivity index (χ3v) is 2.88. The maximum atomic E-state index is 12.1. The molecule has 0 aliphatic rings. The van der Waals surface area contributed by atoms with Crippen molar-refractivity contribution in [3.8, 4) is 0 Å². The van der Waals surface area contributed by atoms with Gasteiger partial charge in [-0.15, -0.1) is 4.68 Å². The fraction of sp³-hybridized carbons (Fsp3) is 0.333. The summed E-state index contributed by atoms with van der Waals surface area (Å²) >= 11 is 0. The molecule has 2 aromatic rings. The Kier molecular flexibility index (Phi) is 4.21. The number of aryl methyl sites for hydroxylation is 1. The number of nitrogens with zero attached hydrogens (tertiary/aromatic N) is 5. The smallest absolute Gasteiger partial charge is 0.266 e. The number of non-ortho nitro benzene ring substituents is 1. The number of carbonyl (C=O) groups is 1. The van der Waals surface area contributed by atoms with Crippen LogP contribution < -0.4 is 5.69 Å². The van der Waals surface area contributed by atoms with Crippen LogP contribution in [-0.4, -0.2) is 30.6 Å². The number of carbonyl (C=O) groups excluding carboxylic acids is 1. The lowest BCUT2D eigenvalue weighted by molar-refractivity contribution is -0.384. The zero-order valence-corrected chi connectivity index (χ0v) is 11.3. The molecule has 0 fully saturated rings. The molecule has 0 aliphatic heterocycles. The molecule has 21 heavy (non-hydrogen) atoms. The van der Waals surface area contributed by atoms with Gasteiger partial charge < -0.3 is 0 Å². The third-order valence-electron chi connectivity index (χ3n) is 2.88. The van der Waals surface area contributed by atoms with Crippen LogP contribution in [0.4, 0.5) is 5.69 Å². The van der Waals surface area contributed by atoms with Gasteiger partial charge in [0, 0.05) is 24.2 Å². The van der Waals surface area contributed by atoms with Gasteiger partial charge in [0.25, 0.3) is 11.6 Å². The van der Waals surface area contributed by atoms with Gasteiger partial charge in [0.2, 0.25) is 0 Å². The van der Waals surface area contributed by atoms with E-state index in [0.717, 1.165) is 17.5 Å². The SMILES string of the molecule is CCCCn1nnn(C(=O)c2ccc([N+](=O)[O-])cc2)c1=O. The van der Waals surface area contributed by atoms with Crippen LogP contribution in [0.3, 0.4) is 0 Å². The molecule has 0 aliphatic carbocycles. The summed E-state index contributed by atoms with van der Waals surface area (Å²) in [5.74, 6) is -0.669. The summed E-state index contributed by atoms with van der Waals surface area (Å²) in [6.45, 7) is 2.36. The van der Waals surface area contributed by atoms with E-state index in [2.05, 4.69) is 10.4 Å². The molecule has 9 heteroatoms. The Morgan fingerprint density at radius 3 is 2.52 bits per heavy atom. The molecule has 1 heterocycles. The lowest BCUT2D eigenvalue weighted by atomic mass is 10.2. The zero-order chi connectivity index (χ0) is 15.4. The van der Waals surface area contributed by atoms with Crippen molar-refractivity contribution in [2.75, 3.05) is 0 Å². The van der Waals surface area contributed by atoms with Crippen LogP contribution in [0.2, 0.25) is 0 Å². The van der Waals surface area contributed by atoms with E-state index in [-0.39, 0.29) is 11.3 Å². The van der Waals surface area contributed by atoms with Crippen LogP contribution in [0.15, 0.2) is 29.1 Å². The third kappa shape index (κ3) is 3.02. The van der Waals surface area contributed by atoms with Crippen molar-refractivity contribution in [1.82, 2.24) is 19.8 Å². The molecule has 1 aromatic carbocycles. The first kappa shape index (κ1) is 14.6. The molecule has 0 unspecified atom stereocenters. The van der Waals surface area contributed by atoms with Crippen LogP contribution in [0, 0.1) is 10.1 Å². The van der Waals surface area contributed by atoms with Crippen LogP contribution in [0.25, 0.3) is 0 Å². The molecule has 0 bridgehead atoms. The summed E-state index contributed by atoms with van der Waals surface area (Å²) in [6.07, 6.45) is 1.64. The Labute approximate surface area is 118 Å². The van der Waals surface area contributed by atoms with Crippen LogP contribution in [-0.2, 0) is 6.54 Å². The first-order valence-corrected chi connectivity index (χ1v) is 6.36. The van der Waals surface area contributed by atoms with Gasteiger partial charge in [0.1, 0.15) is 0 Å². The summed E-state index contributed by atoms with van der Waals surface area (Å²) in [5, 5.41) is 17.7. The predicted octanol–water partition coefficient (Wildman–Crippen LogP) is 0.837. The minimum atomic E-state index is -0.669. The monoisotopic (exact) mass is 291 g/mol. The van der Waals surface area contributed by atoms with E-state index in [9.17, 15) is 19.7 Å². The van der Waals surface area contributed by atoms with Gasteiger partial charge in [-0.1, -0.05) is 13.3 Å². The van der Waals surface area contributed by atoms with Gasteiger partial charge >= 0.3 is 5.69 Å². The second kappa shape index (κ2) is 6.07. The van der Waals surface area contributed by atoms with Gasteiger partial charge in [-0.3, -0.25) is 14.9 Å². The highest BCUT2D eigenvalue weighted by molar-refractivity contribution is 5.95. The Morgan fingerprint density at radius 2 is 1.95 bits per heavy atom. The highest BCUT2D eigenvalue weighted by Gasteiger charge is 2.17. The number of nitro benzene ring substituents is 1. The molecule has 2 rings (SSSR count). The van der Waals surface area contributed by atoms with Crippen molar-refractivity contribution in [2.24, 2.45) is 0 Å². The van der Waals surface area contributed by atoms with Crippen molar-refractivity contribution in [3.63, 3.8) is 0 Å². The highest BCUT2D eigenvalue weighted by Crippen LogP contribution is 2.12. The second-order valence-electron chi connectivity index (χ2n) is 4.36. The van der Waals surface area contributed by atoms with E-state index in [4.69, 9.17) is 0 Å². The Hall–Kier alpha value is -2.84. The molecule has 0 atom stereocenters. The molecular formula is C12H13N5O4. The van der Waals surface area contributed by atoms with Gasteiger partial charge in [-0.25, -0.2) is 4.79 Å². The van der Waals surface area contributed by atoms with Crippen molar-refractivity contribution in [2.45, 2.75) is 26.3 Å². The molecule has 0 N–H and O–H groups in total. The fourth-order valence-corrected chi connectivity index (χ4v) is 1.70. The number of nitro groups is 1. The maximum absolute atomic E-state index is 12.1.